The highest BCUT2D eigenvalue weighted by Gasteiger charge is 2.36. The molecule has 1 N–H and O–H groups in total. The van der Waals surface area contributed by atoms with E-state index in [1.807, 2.05) is 0 Å². The predicted octanol–water partition coefficient (Wildman–Crippen LogP) is 5.73. The maximum atomic E-state index is 6.62. The van der Waals surface area contributed by atoms with Gasteiger partial charge in [-0.15, -0.1) is 0 Å². The lowest BCUT2D eigenvalue weighted by atomic mass is 9.79. The van der Waals surface area contributed by atoms with E-state index in [2.05, 4.69) is 63.9 Å². The van der Waals surface area contributed by atoms with Crippen molar-refractivity contribution in [3.63, 3.8) is 0 Å². The van der Waals surface area contributed by atoms with Crippen molar-refractivity contribution < 1.29 is 0 Å². The summed E-state index contributed by atoms with van der Waals surface area (Å²) in [6, 6.07) is 5.02. The Labute approximate surface area is 147 Å². The van der Waals surface area contributed by atoms with Crippen molar-refractivity contribution in [2.75, 3.05) is 11.4 Å². The highest BCUT2D eigenvalue weighted by atomic mass is 35.5. The van der Waals surface area contributed by atoms with Gasteiger partial charge in [-0.3, -0.25) is 0 Å². The molecule has 3 heteroatoms. The van der Waals surface area contributed by atoms with Crippen LogP contribution in [0.25, 0.3) is 0 Å². The minimum atomic E-state index is 0.197. The van der Waals surface area contributed by atoms with Crippen LogP contribution < -0.4 is 10.2 Å². The molecular weight excluding hydrogens is 304 g/mol. The van der Waals surface area contributed by atoms with E-state index >= 15 is 0 Å². The summed E-state index contributed by atoms with van der Waals surface area (Å²) in [5, 5.41) is 4.38. The van der Waals surface area contributed by atoms with Crippen molar-refractivity contribution >= 4 is 17.3 Å². The fourth-order valence-corrected chi connectivity index (χ4v) is 3.96. The van der Waals surface area contributed by atoms with Gasteiger partial charge in [0.05, 0.1) is 0 Å². The zero-order chi connectivity index (χ0) is 17.2. The van der Waals surface area contributed by atoms with E-state index < -0.39 is 0 Å². The van der Waals surface area contributed by atoms with Gasteiger partial charge in [-0.05, 0) is 49.8 Å². The largest absolute Gasteiger partial charge is 0.366 e. The molecule has 0 saturated heterocycles. The molecule has 0 aromatic heterocycles. The molecule has 23 heavy (non-hydrogen) atoms. The van der Waals surface area contributed by atoms with Crippen molar-refractivity contribution in [1.82, 2.24) is 5.32 Å². The highest BCUT2D eigenvalue weighted by molar-refractivity contribution is 6.31. The summed E-state index contributed by atoms with van der Waals surface area (Å²) >= 11 is 6.62. The molecule has 0 spiro atoms. The summed E-state index contributed by atoms with van der Waals surface area (Å²) in [6.07, 6.45) is 3.65. The number of fused-ring (bicyclic) bond motifs is 1. The first-order valence-corrected chi connectivity index (χ1v) is 9.47. The van der Waals surface area contributed by atoms with Gasteiger partial charge in [0.2, 0.25) is 0 Å². The van der Waals surface area contributed by atoms with Crippen LogP contribution >= 0.6 is 11.6 Å². The lowest BCUT2D eigenvalue weighted by Gasteiger charge is -2.48. The zero-order valence-corrected chi connectivity index (χ0v) is 16.4. The van der Waals surface area contributed by atoms with Gasteiger partial charge in [-0.1, -0.05) is 51.8 Å². The van der Waals surface area contributed by atoms with Crippen LogP contribution in [-0.2, 0) is 6.54 Å². The first kappa shape index (κ1) is 18.6. The number of hydrogen-bond acceptors (Lipinski definition) is 2. The summed E-state index contributed by atoms with van der Waals surface area (Å²) in [7, 11) is 0. The molecule has 2 nitrogen and oxygen atoms in total. The molecule has 0 bridgehead atoms. The van der Waals surface area contributed by atoms with E-state index in [9.17, 15) is 0 Å². The van der Waals surface area contributed by atoms with E-state index in [1.165, 1.54) is 36.1 Å². The standard InChI is InChI=1S/C20H33ClN2/c1-7-8-9-23-19-11-18(21)16(13-22-14(2)3)10-17(19)15(4)12-20(23,5)6/h10-11,14-15,22H,7-9,12-13H2,1-6H3. The quantitative estimate of drug-likeness (QED) is 0.713. The molecule has 0 saturated carbocycles. The van der Waals surface area contributed by atoms with Gasteiger partial charge < -0.3 is 10.2 Å². The van der Waals surface area contributed by atoms with Crippen LogP contribution in [0.4, 0.5) is 5.69 Å². The SMILES string of the molecule is CCCCN1c2cc(Cl)c(CNC(C)C)cc2C(C)CC1(C)C. The Bertz CT molecular complexity index is 537. The molecule has 2 rings (SSSR count). The predicted molar refractivity (Wildman–Crippen MR) is 103 cm³/mol. The highest BCUT2D eigenvalue weighted by Crippen LogP contribution is 2.45. The van der Waals surface area contributed by atoms with E-state index in [1.54, 1.807) is 0 Å². The molecule has 1 aromatic carbocycles. The molecule has 0 amide bonds. The second-order valence-electron chi connectivity index (χ2n) is 7.96. The molecule has 1 heterocycles. The molecule has 1 aromatic rings. The van der Waals surface area contributed by atoms with Crippen LogP contribution in [0.15, 0.2) is 12.1 Å². The fraction of sp³-hybridized carbons (Fsp3) is 0.700. The van der Waals surface area contributed by atoms with Gasteiger partial charge in [-0.25, -0.2) is 0 Å². The van der Waals surface area contributed by atoms with Crippen molar-refractivity contribution in [3.8, 4) is 0 Å². The topological polar surface area (TPSA) is 15.3 Å². The summed E-state index contributed by atoms with van der Waals surface area (Å²) in [5.41, 5.74) is 4.23. The molecule has 1 unspecified atom stereocenters. The molecule has 0 fully saturated rings. The average Bonchev–Trinajstić information content (AvgIpc) is 2.44. The number of rotatable bonds is 6. The maximum absolute atomic E-state index is 6.62. The van der Waals surface area contributed by atoms with Crippen molar-refractivity contribution in [2.45, 2.75) is 84.8 Å². The summed E-state index contributed by atoms with van der Waals surface area (Å²) in [4.78, 5) is 2.58. The van der Waals surface area contributed by atoms with E-state index in [4.69, 9.17) is 11.6 Å². The number of nitrogens with zero attached hydrogens (tertiary/aromatic N) is 1. The average molecular weight is 337 g/mol. The van der Waals surface area contributed by atoms with Crippen LogP contribution in [0.1, 0.15) is 77.8 Å². The van der Waals surface area contributed by atoms with Crippen LogP contribution in [0.5, 0.6) is 0 Å². The number of unbranched alkanes of at least 4 members (excludes halogenated alkanes) is 1. The van der Waals surface area contributed by atoms with Crippen LogP contribution in [-0.4, -0.2) is 18.1 Å². The van der Waals surface area contributed by atoms with Crippen molar-refractivity contribution in [3.05, 3.63) is 28.3 Å². The van der Waals surface area contributed by atoms with E-state index in [0.717, 1.165) is 18.1 Å². The minimum absolute atomic E-state index is 0.197. The molecular formula is C20H33ClN2. The Morgan fingerprint density at radius 1 is 1.35 bits per heavy atom. The molecule has 0 radical (unpaired) electrons. The van der Waals surface area contributed by atoms with E-state index in [-0.39, 0.29) is 5.54 Å². The lowest BCUT2D eigenvalue weighted by molar-refractivity contribution is 0.373. The van der Waals surface area contributed by atoms with Crippen molar-refractivity contribution in [2.24, 2.45) is 0 Å². The maximum Gasteiger partial charge on any atom is 0.0471 e. The van der Waals surface area contributed by atoms with Gasteiger partial charge in [-0.2, -0.15) is 0 Å². The Kier molecular flexibility index (Phi) is 6.02. The first-order chi connectivity index (χ1) is 10.8. The Morgan fingerprint density at radius 3 is 2.65 bits per heavy atom. The molecule has 1 aliphatic rings. The van der Waals surface area contributed by atoms with Crippen LogP contribution in [0.2, 0.25) is 5.02 Å². The summed E-state index contributed by atoms with van der Waals surface area (Å²) < 4.78 is 0. The third-order valence-electron chi connectivity index (χ3n) is 4.99. The van der Waals surface area contributed by atoms with Crippen LogP contribution in [0, 0.1) is 0 Å². The third kappa shape index (κ3) is 4.22. The second-order valence-corrected chi connectivity index (χ2v) is 8.37. The zero-order valence-electron chi connectivity index (χ0n) is 15.7. The fourth-order valence-electron chi connectivity index (χ4n) is 3.74. The summed E-state index contributed by atoms with van der Waals surface area (Å²) in [5.74, 6) is 0.577. The lowest BCUT2D eigenvalue weighted by Crippen LogP contribution is -2.48. The molecule has 1 atom stereocenters. The Hall–Kier alpha value is -0.730. The number of hydrogen-bond donors (Lipinski definition) is 1. The number of nitrogens with one attached hydrogen (secondary N) is 1. The van der Waals surface area contributed by atoms with Gasteiger partial charge in [0.15, 0.2) is 0 Å². The van der Waals surface area contributed by atoms with Gasteiger partial charge in [0, 0.05) is 35.4 Å². The smallest absolute Gasteiger partial charge is 0.0471 e. The third-order valence-corrected chi connectivity index (χ3v) is 5.34. The Balaban J connectivity index is 2.38. The second kappa shape index (κ2) is 7.44. The minimum Gasteiger partial charge on any atom is -0.366 e. The van der Waals surface area contributed by atoms with Crippen LogP contribution in [0.3, 0.4) is 0 Å². The van der Waals surface area contributed by atoms with Gasteiger partial charge in [0.1, 0.15) is 0 Å². The Morgan fingerprint density at radius 2 is 2.04 bits per heavy atom. The normalized spacial score (nSPS) is 20.0. The monoisotopic (exact) mass is 336 g/mol. The molecule has 130 valence electrons. The number of halogens is 1. The number of benzene rings is 1. The number of anilines is 1. The van der Waals surface area contributed by atoms with Crippen molar-refractivity contribution in [1.29, 1.82) is 0 Å². The molecule has 1 aliphatic heterocycles. The van der Waals surface area contributed by atoms with Gasteiger partial charge >= 0.3 is 0 Å². The first-order valence-electron chi connectivity index (χ1n) is 9.09. The molecule has 0 aliphatic carbocycles. The van der Waals surface area contributed by atoms with Gasteiger partial charge in [0.25, 0.3) is 0 Å². The summed E-state index contributed by atoms with van der Waals surface area (Å²) in [6.45, 7) is 15.6. The van der Waals surface area contributed by atoms with E-state index in [0.29, 0.717) is 12.0 Å².